The molecule has 0 radical (unpaired) electrons. The summed E-state index contributed by atoms with van der Waals surface area (Å²) in [5, 5.41) is 7.86. The second-order valence-electron chi connectivity index (χ2n) is 3.88. The predicted molar refractivity (Wildman–Crippen MR) is 71.9 cm³/mol. The van der Waals surface area contributed by atoms with Crippen molar-refractivity contribution in [3.8, 4) is 0 Å². The highest BCUT2D eigenvalue weighted by molar-refractivity contribution is 7.92. The molecular weight excluding hydrogens is 315 g/mol. The molecule has 5 nitrogen and oxygen atoms in total. The Balaban J connectivity index is 3.43. The number of rotatable bonds is 5. The SMILES string of the molecule is COCC(C)S(=O)(=O)c1cc(C(=O)O)c(Cl)cc1Cl. The van der Waals surface area contributed by atoms with E-state index in [-0.39, 0.29) is 27.1 Å². The van der Waals surface area contributed by atoms with Crippen LogP contribution < -0.4 is 0 Å². The maximum absolute atomic E-state index is 12.2. The van der Waals surface area contributed by atoms with Gasteiger partial charge < -0.3 is 9.84 Å². The van der Waals surface area contributed by atoms with Gasteiger partial charge in [0.05, 0.1) is 32.4 Å². The molecule has 0 aliphatic carbocycles. The summed E-state index contributed by atoms with van der Waals surface area (Å²) in [7, 11) is -2.41. The van der Waals surface area contributed by atoms with E-state index in [1.807, 2.05) is 0 Å². The highest BCUT2D eigenvalue weighted by Gasteiger charge is 2.27. The number of halogens is 2. The van der Waals surface area contributed by atoms with Crippen molar-refractivity contribution in [3.05, 3.63) is 27.7 Å². The molecule has 1 atom stereocenters. The number of carboxylic acids is 1. The molecule has 19 heavy (non-hydrogen) atoms. The van der Waals surface area contributed by atoms with Crippen LogP contribution in [0.25, 0.3) is 0 Å². The minimum absolute atomic E-state index is 0.0241. The third-order valence-electron chi connectivity index (χ3n) is 2.49. The number of aromatic carboxylic acids is 1. The van der Waals surface area contributed by atoms with Crippen molar-refractivity contribution in [2.24, 2.45) is 0 Å². The molecule has 1 aromatic carbocycles. The number of carbonyl (C=O) groups is 1. The highest BCUT2D eigenvalue weighted by Crippen LogP contribution is 2.31. The number of ether oxygens (including phenoxy) is 1. The number of hydrogen-bond donors (Lipinski definition) is 1. The van der Waals surface area contributed by atoms with Crippen LogP contribution in [0.15, 0.2) is 17.0 Å². The van der Waals surface area contributed by atoms with E-state index < -0.39 is 21.1 Å². The normalized spacial score (nSPS) is 13.3. The number of sulfone groups is 1. The third kappa shape index (κ3) is 3.39. The Hall–Kier alpha value is -0.820. The van der Waals surface area contributed by atoms with Crippen LogP contribution >= 0.6 is 23.2 Å². The van der Waals surface area contributed by atoms with E-state index in [2.05, 4.69) is 0 Å². The lowest BCUT2D eigenvalue weighted by atomic mass is 10.2. The molecule has 0 amide bonds. The second kappa shape index (κ2) is 6.09. The molecule has 0 aliphatic heterocycles. The maximum atomic E-state index is 12.2. The number of carboxylic acid groups (broad SMARTS) is 1. The summed E-state index contributed by atoms with van der Waals surface area (Å²) in [5.41, 5.74) is -0.311. The Morgan fingerprint density at radius 2 is 1.95 bits per heavy atom. The van der Waals surface area contributed by atoms with Gasteiger partial charge in [0.1, 0.15) is 0 Å². The summed E-state index contributed by atoms with van der Waals surface area (Å²) < 4.78 is 29.2. The van der Waals surface area contributed by atoms with Crippen molar-refractivity contribution in [2.45, 2.75) is 17.1 Å². The molecule has 0 saturated heterocycles. The van der Waals surface area contributed by atoms with E-state index >= 15 is 0 Å². The Morgan fingerprint density at radius 3 is 2.42 bits per heavy atom. The fourth-order valence-electron chi connectivity index (χ4n) is 1.45. The van der Waals surface area contributed by atoms with Gasteiger partial charge in [-0.2, -0.15) is 0 Å². The molecule has 1 rings (SSSR count). The zero-order valence-corrected chi connectivity index (χ0v) is 12.5. The van der Waals surface area contributed by atoms with Crippen molar-refractivity contribution < 1.29 is 23.1 Å². The van der Waals surface area contributed by atoms with Crippen LogP contribution in [0.2, 0.25) is 10.0 Å². The molecule has 0 saturated carbocycles. The molecule has 0 fully saturated rings. The lowest BCUT2D eigenvalue weighted by Gasteiger charge is -2.14. The van der Waals surface area contributed by atoms with Crippen molar-refractivity contribution in [1.82, 2.24) is 0 Å². The van der Waals surface area contributed by atoms with Crippen molar-refractivity contribution in [1.29, 1.82) is 0 Å². The van der Waals surface area contributed by atoms with Gasteiger partial charge in [0.15, 0.2) is 9.84 Å². The summed E-state index contributed by atoms with van der Waals surface area (Å²) >= 11 is 11.5. The van der Waals surface area contributed by atoms with Crippen LogP contribution in [0.1, 0.15) is 17.3 Å². The third-order valence-corrected chi connectivity index (χ3v) is 5.37. The average molecular weight is 327 g/mol. The first-order chi connectivity index (χ1) is 8.71. The zero-order valence-electron chi connectivity index (χ0n) is 10.2. The first kappa shape index (κ1) is 16.2. The monoisotopic (exact) mass is 326 g/mol. The van der Waals surface area contributed by atoms with Crippen molar-refractivity contribution >= 4 is 39.0 Å². The minimum Gasteiger partial charge on any atom is -0.478 e. The Bertz CT molecular complexity index is 597. The molecule has 0 heterocycles. The van der Waals surface area contributed by atoms with Crippen LogP contribution in [0, 0.1) is 0 Å². The summed E-state index contributed by atoms with van der Waals surface area (Å²) in [6, 6.07) is 2.08. The van der Waals surface area contributed by atoms with Crippen LogP contribution in [-0.4, -0.2) is 38.5 Å². The number of benzene rings is 1. The topological polar surface area (TPSA) is 80.7 Å². The first-order valence-electron chi connectivity index (χ1n) is 5.17. The zero-order chi connectivity index (χ0) is 14.8. The lowest BCUT2D eigenvalue weighted by Crippen LogP contribution is -2.23. The van der Waals surface area contributed by atoms with Crippen LogP contribution in [0.3, 0.4) is 0 Å². The average Bonchev–Trinajstić information content (AvgIpc) is 2.28. The van der Waals surface area contributed by atoms with Gasteiger partial charge in [-0.3, -0.25) is 0 Å². The standard InChI is InChI=1S/C11H12Cl2O5S/c1-6(5-18-2)19(16,17)10-3-7(11(14)15)8(12)4-9(10)13/h3-4,6H,5H2,1-2H3,(H,14,15). The molecule has 0 aromatic heterocycles. The van der Waals surface area contributed by atoms with Crippen LogP contribution in [0.5, 0.6) is 0 Å². The van der Waals surface area contributed by atoms with Crippen LogP contribution in [-0.2, 0) is 14.6 Å². The van der Waals surface area contributed by atoms with Gasteiger partial charge in [0, 0.05) is 7.11 Å². The van der Waals surface area contributed by atoms with Gasteiger partial charge in [-0.15, -0.1) is 0 Å². The van der Waals surface area contributed by atoms with Gasteiger partial charge in [-0.1, -0.05) is 23.2 Å². The summed E-state index contributed by atoms with van der Waals surface area (Å²) in [5.74, 6) is -1.32. The molecule has 106 valence electrons. The molecule has 1 aromatic rings. The second-order valence-corrected chi connectivity index (χ2v) is 7.03. The Kier molecular flexibility index (Phi) is 5.20. The van der Waals surface area contributed by atoms with E-state index in [1.165, 1.54) is 14.0 Å². The van der Waals surface area contributed by atoms with E-state index in [0.29, 0.717) is 0 Å². The summed E-state index contributed by atoms with van der Waals surface area (Å²) in [6.45, 7) is 1.42. The number of hydrogen-bond acceptors (Lipinski definition) is 4. The van der Waals surface area contributed by atoms with Gasteiger partial charge >= 0.3 is 5.97 Å². The predicted octanol–water partition coefficient (Wildman–Crippen LogP) is 2.50. The first-order valence-corrected chi connectivity index (χ1v) is 7.47. The fourth-order valence-corrected chi connectivity index (χ4v) is 3.60. The molecule has 0 aliphatic rings. The van der Waals surface area contributed by atoms with E-state index in [0.717, 1.165) is 12.1 Å². The Morgan fingerprint density at radius 1 is 1.37 bits per heavy atom. The van der Waals surface area contributed by atoms with Gasteiger partial charge in [-0.05, 0) is 19.1 Å². The largest absolute Gasteiger partial charge is 0.478 e. The molecule has 1 unspecified atom stereocenters. The van der Waals surface area contributed by atoms with E-state index in [1.54, 1.807) is 0 Å². The Labute approximate surface area is 121 Å². The van der Waals surface area contributed by atoms with Gasteiger partial charge in [-0.25, -0.2) is 13.2 Å². The summed E-state index contributed by atoms with van der Waals surface area (Å²) in [6.07, 6.45) is 0. The van der Waals surface area contributed by atoms with Gasteiger partial charge in [0.25, 0.3) is 0 Å². The molecule has 0 spiro atoms. The molecule has 0 bridgehead atoms. The summed E-state index contributed by atoms with van der Waals surface area (Å²) in [4.78, 5) is 10.7. The smallest absolute Gasteiger partial charge is 0.337 e. The maximum Gasteiger partial charge on any atom is 0.337 e. The minimum atomic E-state index is -3.78. The lowest BCUT2D eigenvalue weighted by molar-refractivity contribution is 0.0697. The van der Waals surface area contributed by atoms with Crippen molar-refractivity contribution in [3.63, 3.8) is 0 Å². The van der Waals surface area contributed by atoms with E-state index in [4.69, 9.17) is 33.0 Å². The van der Waals surface area contributed by atoms with E-state index in [9.17, 15) is 13.2 Å². The molecule has 1 N–H and O–H groups in total. The molecular formula is C11H12Cl2O5S. The number of methoxy groups -OCH3 is 1. The van der Waals surface area contributed by atoms with Crippen molar-refractivity contribution in [2.75, 3.05) is 13.7 Å². The fraction of sp³-hybridized carbons (Fsp3) is 0.364. The quantitative estimate of drug-likeness (QED) is 0.899. The van der Waals surface area contributed by atoms with Crippen LogP contribution in [0.4, 0.5) is 0 Å². The molecule has 8 heteroatoms. The van der Waals surface area contributed by atoms with Gasteiger partial charge in [0.2, 0.25) is 0 Å². The highest BCUT2D eigenvalue weighted by atomic mass is 35.5.